The van der Waals surface area contributed by atoms with Gasteiger partial charge < -0.3 is 10.2 Å². The number of ketones is 1. The molecule has 4 rings (SSSR count). The van der Waals surface area contributed by atoms with E-state index in [-0.39, 0.29) is 41.4 Å². The third-order valence-corrected chi connectivity index (χ3v) is 8.97. The highest BCUT2D eigenvalue weighted by atomic mass is 32.2. The van der Waals surface area contributed by atoms with Crippen LogP contribution in [0, 0.1) is 5.92 Å². The largest absolute Gasteiger partial charge is 0.434 e. The summed E-state index contributed by atoms with van der Waals surface area (Å²) in [5.74, 6) is -1.38. The highest BCUT2D eigenvalue weighted by Gasteiger charge is 2.41. The second kappa shape index (κ2) is 10.6. The van der Waals surface area contributed by atoms with Crippen molar-refractivity contribution < 1.29 is 31.2 Å². The molecule has 0 saturated heterocycles. The number of hydrogen-bond donors (Lipinski definition) is 1. The van der Waals surface area contributed by atoms with Crippen molar-refractivity contribution in [2.24, 2.45) is 5.92 Å². The molecule has 1 N–H and O–H groups in total. The summed E-state index contributed by atoms with van der Waals surface area (Å²) in [5.41, 5.74) is -0.623. The molecule has 2 aromatic heterocycles. The Kier molecular flexibility index (Phi) is 7.81. The van der Waals surface area contributed by atoms with Gasteiger partial charge in [-0.3, -0.25) is 9.59 Å². The van der Waals surface area contributed by atoms with Crippen LogP contribution in [0.25, 0.3) is 0 Å². The monoisotopic (exact) mass is 581 g/mol. The zero-order valence-electron chi connectivity index (χ0n) is 21.5. The Bertz CT molecular complexity index is 1520. The molecule has 1 aromatic carbocycles. The maximum atomic E-state index is 13.6. The molecule has 0 spiro atoms. The first-order chi connectivity index (χ1) is 18.2. The average molecular weight is 582 g/mol. The molecule has 3 heterocycles. The van der Waals surface area contributed by atoms with Crippen LogP contribution in [0.1, 0.15) is 65.9 Å². The summed E-state index contributed by atoms with van der Waals surface area (Å²) in [4.78, 5) is 39.3. The molecule has 0 radical (unpaired) electrons. The first kappa shape index (κ1) is 28.6. The Morgan fingerprint density at radius 3 is 2.41 bits per heavy atom. The van der Waals surface area contributed by atoms with Crippen molar-refractivity contribution in [2.45, 2.75) is 57.8 Å². The van der Waals surface area contributed by atoms with Crippen molar-refractivity contribution in [1.82, 2.24) is 15.0 Å². The Balaban J connectivity index is 1.52. The minimum atomic E-state index is -4.82. The lowest BCUT2D eigenvalue weighted by Crippen LogP contribution is -2.29. The van der Waals surface area contributed by atoms with E-state index in [4.69, 9.17) is 0 Å². The van der Waals surface area contributed by atoms with E-state index in [0.29, 0.717) is 16.4 Å². The lowest BCUT2D eigenvalue weighted by atomic mass is 10.0. The second-order valence-corrected chi connectivity index (χ2v) is 12.8. The summed E-state index contributed by atoms with van der Waals surface area (Å²) in [5, 5.41) is 3.10. The molecule has 0 aliphatic carbocycles. The van der Waals surface area contributed by atoms with Gasteiger partial charge in [-0.2, -0.15) is 13.2 Å². The van der Waals surface area contributed by atoms with Crippen LogP contribution in [0.3, 0.4) is 0 Å². The number of fused-ring (bicyclic) bond motifs is 1. The van der Waals surface area contributed by atoms with E-state index in [0.717, 1.165) is 18.0 Å². The number of halogens is 3. The van der Waals surface area contributed by atoms with Crippen molar-refractivity contribution >= 4 is 43.9 Å². The molecule has 0 unspecified atom stereocenters. The van der Waals surface area contributed by atoms with Gasteiger partial charge in [0.15, 0.2) is 26.4 Å². The average Bonchev–Trinajstić information content (AvgIpc) is 3.40. The number of thiazole rings is 1. The van der Waals surface area contributed by atoms with Crippen molar-refractivity contribution in [1.29, 1.82) is 0 Å². The molecule has 0 saturated carbocycles. The fourth-order valence-corrected chi connectivity index (χ4v) is 6.25. The van der Waals surface area contributed by atoms with Gasteiger partial charge >= 0.3 is 6.18 Å². The molecule has 1 aliphatic heterocycles. The maximum Gasteiger partial charge on any atom is 0.434 e. The summed E-state index contributed by atoms with van der Waals surface area (Å²) in [6, 6.07) is 5.67. The van der Waals surface area contributed by atoms with E-state index in [1.54, 1.807) is 24.0 Å². The highest BCUT2D eigenvalue weighted by Crippen LogP contribution is 2.44. The van der Waals surface area contributed by atoms with Gasteiger partial charge in [0.05, 0.1) is 45.8 Å². The molecule has 0 fully saturated rings. The third kappa shape index (κ3) is 5.96. The van der Waals surface area contributed by atoms with Gasteiger partial charge in [-0.25, -0.2) is 23.4 Å². The number of alkyl halides is 3. The van der Waals surface area contributed by atoms with Crippen LogP contribution in [0.15, 0.2) is 35.4 Å². The number of amides is 1. The van der Waals surface area contributed by atoms with Crippen LogP contribution < -0.4 is 10.2 Å². The lowest BCUT2D eigenvalue weighted by molar-refractivity contribution is -0.141. The second-order valence-electron chi connectivity index (χ2n) is 9.40. The number of rotatable bonds is 8. The topological polar surface area (TPSA) is 122 Å². The van der Waals surface area contributed by atoms with E-state index in [1.165, 1.54) is 23.5 Å². The maximum absolute atomic E-state index is 13.6. The smallest absolute Gasteiger partial charge is 0.327 e. The molecule has 1 atom stereocenters. The van der Waals surface area contributed by atoms with Gasteiger partial charge in [-0.1, -0.05) is 44.2 Å². The molecule has 208 valence electrons. The molecular formula is C25H26F3N5O4S2. The molecule has 9 nitrogen and oxygen atoms in total. The zero-order valence-corrected chi connectivity index (χ0v) is 23.2. The highest BCUT2D eigenvalue weighted by molar-refractivity contribution is 7.91. The van der Waals surface area contributed by atoms with Crippen molar-refractivity contribution in [3.63, 3.8) is 0 Å². The SMILES string of the molecule is CCS(=O)(=O)c1ccc(CC(=O)Nc2nc3c(s2)CN(c2ncc(C(C)=O)c(C(F)(F)F)n2)[C@H]3C(C)C)cc1. The molecule has 14 heteroatoms. The number of hydrogen-bond acceptors (Lipinski definition) is 9. The van der Waals surface area contributed by atoms with Gasteiger partial charge in [0.2, 0.25) is 11.9 Å². The molecule has 0 bridgehead atoms. The number of nitrogens with zero attached hydrogens (tertiary/aromatic N) is 4. The molecular weight excluding hydrogens is 555 g/mol. The zero-order chi connectivity index (χ0) is 28.7. The summed E-state index contributed by atoms with van der Waals surface area (Å²) in [7, 11) is -3.34. The fourth-order valence-electron chi connectivity index (χ4n) is 4.35. The number of carbonyl (C=O) groups excluding carboxylic acids is 2. The number of sulfone groups is 1. The first-order valence-electron chi connectivity index (χ1n) is 12.0. The van der Waals surface area contributed by atoms with Gasteiger partial charge in [0, 0.05) is 6.20 Å². The van der Waals surface area contributed by atoms with E-state index in [2.05, 4.69) is 20.3 Å². The molecule has 1 amide bonds. The van der Waals surface area contributed by atoms with E-state index in [1.807, 2.05) is 13.8 Å². The Hall–Kier alpha value is -3.39. The number of aromatic nitrogens is 3. The van der Waals surface area contributed by atoms with Gasteiger partial charge in [-0.15, -0.1) is 0 Å². The molecule has 39 heavy (non-hydrogen) atoms. The van der Waals surface area contributed by atoms with E-state index < -0.39 is 39.1 Å². The number of benzene rings is 1. The molecule has 1 aliphatic rings. The predicted octanol–water partition coefficient (Wildman–Crippen LogP) is 4.85. The summed E-state index contributed by atoms with van der Waals surface area (Å²) in [6.45, 7) is 6.56. The van der Waals surface area contributed by atoms with Crippen molar-refractivity contribution in [3.05, 3.63) is 57.9 Å². The normalized spacial score (nSPS) is 15.5. The van der Waals surface area contributed by atoms with Crippen LogP contribution in [-0.2, 0) is 33.8 Å². The van der Waals surface area contributed by atoms with Gasteiger partial charge in [-0.05, 0) is 30.5 Å². The number of anilines is 2. The number of Topliss-reactive ketones (excluding diaryl/α,β-unsaturated/α-hetero) is 1. The summed E-state index contributed by atoms with van der Waals surface area (Å²) in [6.07, 6.45) is -3.91. The first-order valence-corrected chi connectivity index (χ1v) is 14.5. The van der Waals surface area contributed by atoms with Crippen LogP contribution in [0.2, 0.25) is 0 Å². The molecule has 3 aromatic rings. The summed E-state index contributed by atoms with van der Waals surface area (Å²) >= 11 is 1.21. The number of nitrogens with one attached hydrogen (secondary N) is 1. The Morgan fingerprint density at radius 1 is 1.18 bits per heavy atom. The fraction of sp³-hybridized carbons (Fsp3) is 0.400. The Labute approximate surface area is 227 Å². The Morgan fingerprint density at radius 2 is 1.85 bits per heavy atom. The van der Waals surface area contributed by atoms with Crippen LogP contribution in [0.5, 0.6) is 0 Å². The van der Waals surface area contributed by atoms with Crippen LogP contribution in [0.4, 0.5) is 24.3 Å². The van der Waals surface area contributed by atoms with Gasteiger partial charge in [0.25, 0.3) is 0 Å². The summed E-state index contributed by atoms with van der Waals surface area (Å²) < 4.78 is 64.8. The minimum absolute atomic E-state index is 0.00693. The standard InChI is InChI=1S/C25H26F3N5O4S2/c1-5-39(36,37)16-8-6-15(7-9-16)10-19(35)30-24-31-20-18(38-24)12-33(21(20)13(2)3)23-29-11-17(14(4)34)22(32-23)25(26,27)28/h6-9,11,13,21H,5,10,12H2,1-4H3,(H,30,31,35)/t21-/m0/s1. The van der Waals surface area contributed by atoms with Crippen LogP contribution >= 0.6 is 11.3 Å². The number of carbonyl (C=O) groups is 2. The van der Waals surface area contributed by atoms with Gasteiger partial charge in [0.1, 0.15) is 0 Å². The quantitative estimate of drug-likeness (QED) is 0.375. The van der Waals surface area contributed by atoms with Crippen molar-refractivity contribution in [3.8, 4) is 0 Å². The predicted molar refractivity (Wildman–Crippen MR) is 139 cm³/mol. The minimum Gasteiger partial charge on any atom is -0.327 e. The lowest BCUT2D eigenvalue weighted by Gasteiger charge is -2.28. The van der Waals surface area contributed by atoms with E-state index in [9.17, 15) is 31.2 Å². The third-order valence-electron chi connectivity index (χ3n) is 6.24. The van der Waals surface area contributed by atoms with Crippen molar-refractivity contribution in [2.75, 3.05) is 16.0 Å². The van der Waals surface area contributed by atoms with E-state index >= 15 is 0 Å². The van der Waals surface area contributed by atoms with Crippen LogP contribution in [-0.4, -0.2) is 40.8 Å².